The highest BCUT2D eigenvalue weighted by atomic mass is 32.2. The van der Waals surface area contributed by atoms with Gasteiger partial charge in [-0.3, -0.25) is 4.79 Å². The minimum absolute atomic E-state index is 0.0841. The molecule has 2 rings (SSSR count). The topological polar surface area (TPSA) is 57.2 Å². The molecule has 13 heavy (non-hydrogen) atoms. The van der Waals surface area contributed by atoms with Gasteiger partial charge in [0.05, 0.1) is 11.2 Å². The Labute approximate surface area is 77.9 Å². The third-order valence-electron chi connectivity index (χ3n) is 1.92. The van der Waals surface area contributed by atoms with Gasteiger partial charge in [-0.1, -0.05) is 18.2 Å². The number of benzene rings is 1. The molecule has 0 fully saturated rings. The molecule has 0 amide bonds. The van der Waals surface area contributed by atoms with E-state index in [1.165, 1.54) is 0 Å². The summed E-state index contributed by atoms with van der Waals surface area (Å²) in [5, 5.41) is -0.779. The Morgan fingerprint density at radius 3 is 2.69 bits per heavy atom. The molecule has 0 saturated carbocycles. The number of rotatable bonds is 0. The third-order valence-corrected chi connectivity index (χ3v) is 3.28. The standard InChI is InChI=1S/C9H6O3S/c10-7-5-6-3-1-2-4-8(6)13(12)9(7)11/h1-4H,5H2. The highest BCUT2D eigenvalue weighted by Crippen LogP contribution is 2.23. The van der Waals surface area contributed by atoms with Crippen LogP contribution in [0, 0.1) is 0 Å². The van der Waals surface area contributed by atoms with Crippen LogP contribution < -0.4 is 0 Å². The average molecular weight is 194 g/mol. The van der Waals surface area contributed by atoms with Crippen molar-refractivity contribution in [2.75, 3.05) is 0 Å². The van der Waals surface area contributed by atoms with Crippen molar-refractivity contribution in [2.24, 2.45) is 0 Å². The molecule has 0 saturated heterocycles. The largest absolute Gasteiger partial charge is 0.604 e. The lowest BCUT2D eigenvalue weighted by atomic mass is 10.1. The van der Waals surface area contributed by atoms with Crippen LogP contribution in [-0.4, -0.2) is 15.5 Å². The van der Waals surface area contributed by atoms with Gasteiger partial charge >= 0.3 is 5.12 Å². The summed E-state index contributed by atoms with van der Waals surface area (Å²) in [6, 6.07) is 6.81. The molecule has 0 spiro atoms. The van der Waals surface area contributed by atoms with Crippen LogP contribution in [0.25, 0.3) is 0 Å². The molecule has 1 aliphatic rings. The maximum atomic E-state index is 11.4. The predicted molar refractivity (Wildman–Crippen MR) is 46.6 cm³/mol. The summed E-state index contributed by atoms with van der Waals surface area (Å²) in [6.45, 7) is 0. The van der Waals surface area contributed by atoms with E-state index in [-0.39, 0.29) is 6.42 Å². The number of ketones is 1. The SMILES string of the molecule is O=C1Cc2ccccc2[S+]([O-])C1=O. The van der Waals surface area contributed by atoms with Gasteiger partial charge in [0, 0.05) is 12.0 Å². The zero-order chi connectivity index (χ0) is 9.42. The van der Waals surface area contributed by atoms with Crippen molar-refractivity contribution in [3.8, 4) is 0 Å². The molecule has 0 aliphatic carbocycles. The van der Waals surface area contributed by atoms with Gasteiger partial charge in [0.1, 0.15) is 0 Å². The molecule has 1 aromatic rings. The Bertz CT molecular complexity index is 386. The molecule has 1 heterocycles. The zero-order valence-electron chi connectivity index (χ0n) is 6.65. The third kappa shape index (κ3) is 1.28. The lowest BCUT2D eigenvalue weighted by molar-refractivity contribution is -0.131. The molecule has 1 aromatic carbocycles. The lowest BCUT2D eigenvalue weighted by Gasteiger charge is -2.15. The minimum Gasteiger partial charge on any atom is -0.604 e. The smallest absolute Gasteiger partial charge is 0.401 e. The normalized spacial score (nSPS) is 21.5. The summed E-state index contributed by atoms with van der Waals surface area (Å²) < 4.78 is 11.4. The fourth-order valence-corrected chi connectivity index (χ4v) is 2.34. The minimum atomic E-state index is -1.78. The Balaban J connectivity index is 2.55. The van der Waals surface area contributed by atoms with Crippen LogP contribution in [0.5, 0.6) is 0 Å². The summed E-state index contributed by atoms with van der Waals surface area (Å²) in [5.41, 5.74) is 0.699. The van der Waals surface area contributed by atoms with Crippen LogP contribution in [0.3, 0.4) is 0 Å². The van der Waals surface area contributed by atoms with Crippen LogP contribution in [0.2, 0.25) is 0 Å². The molecule has 1 unspecified atom stereocenters. The quantitative estimate of drug-likeness (QED) is 0.445. The number of hydrogen-bond acceptors (Lipinski definition) is 3. The van der Waals surface area contributed by atoms with E-state index in [9.17, 15) is 14.1 Å². The molecule has 1 aliphatic heterocycles. The van der Waals surface area contributed by atoms with Crippen molar-refractivity contribution < 1.29 is 14.1 Å². The van der Waals surface area contributed by atoms with Gasteiger partial charge in [-0.25, -0.2) is 4.79 Å². The van der Waals surface area contributed by atoms with Gasteiger partial charge in [0.15, 0.2) is 4.90 Å². The van der Waals surface area contributed by atoms with E-state index in [4.69, 9.17) is 0 Å². The van der Waals surface area contributed by atoms with Crippen LogP contribution in [0.15, 0.2) is 29.2 Å². The fourth-order valence-electron chi connectivity index (χ4n) is 1.28. The van der Waals surface area contributed by atoms with Gasteiger partial charge in [-0.2, -0.15) is 0 Å². The van der Waals surface area contributed by atoms with Gasteiger partial charge in [0.25, 0.3) is 5.78 Å². The van der Waals surface area contributed by atoms with Crippen LogP contribution in [0.4, 0.5) is 0 Å². The van der Waals surface area contributed by atoms with E-state index < -0.39 is 22.1 Å². The zero-order valence-corrected chi connectivity index (χ0v) is 7.47. The van der Waals surface area contributed by atoms with E-state index in [0.29, 0.717) is 10.5 Å². The Kier molecular flexibility index (Phi) is 1.94. The molecule has 0 aromatic heterocycles. The van der Waals surface area contributed by atoms with Crippen molar-refractivity contribution in [3.63, 3.8) is 0 Å². The average Bonchev–Trinajstić information content (AvgIpc) is 2.15. The molecule has 4 heteroatoms. The highest BCUT2D eigenvalue weighted by molar-refractivity contribution is 8.08. The first kappa shape index (κ1) is 8.47. The molecular weight excluding hydrogens is 188 g/mol. The first-order valence-electron chi connectivity index (χ1n) is 3.77. The molecule has 0 N–H and O–H groups in total. The van der Waals surface area contributed by atoms with Crippen molar-refractivity contribution in [3.05, 3.63) is 29.8 Å². The molecular formula is C9H6O3S. The Hall–Kier alpha value is -1.13. The Morgan fingerprint density at radius 2 is 1.92 bits per heavy atom. The summed E-state index contributed by atoms with van der Waals surface area (Å²) in [5.74, 6) is -0.558. The summed E-state index contributed by atoms with van der Waals surface area (Å²) >= 11 is -1.78. The van der Waals surface area contributed by atoms with Crippen LogP contribution in [-0.2, 0) is 27.2 Å². The second-order valence-corrected chi connectivity index (χ2v) is 4.11. The molecule has 3 nitrogen and oxygen atoms in total. The van der Waals surface area contributed by atoms with Crippen molar-refractivity contribution in [1.82, 2.24) is 0 Å². The molecule has 0 radical (unpaired) electrons. The van der Waals surface area contributed by atoms with Crippen molar-refractivity contribution >= 4 is 22.1 Å². The number of carbonyl (C=O) groups excluding carboxylic acids is 2. The summed E-state index contributed by atoms with van der Waals surface area (Å²) in [7, 11) is 0. The van der Waals surface area contributed by atoms with Crippen LogP contribution >= 0.6 is 0 Å². The Morgan fingerprint density at radius 1 is 1.23 bits per heavy atom. The van der Waals surface area contributed by atoms with E-state index in [1.807, 2.05) is 0 Å². The highest BCUT2D eigenvalue weighted by Gasteiger charge is 2.37. The van der Waals surface area contributed by atoms with Gasteiger partial charge in [0.2, 0.25) is 0 Å². The maximum absolute atomic E-state index is 11.4. The number of carbonyl (C=O) groups is 2. The molecule has 66 valence electrons. The van der Waals surface area contributed by atoms with E-state index >= 15 is 0 Å². The van der Waals surface area contributed by atoms with Crippen molar-refractivity contribution in [2.45, 2.75) is 11.3 Å². The number of hydrogen-bond donors (Lipinski definition) is 0. The predicted octanol–water partition coefficient (Wildman–Crippen LogP) is 0.446. The monoisotopic (exact) mass is 194 g/mol. The second kappa shape index (κ2) is 2.97. The summed E-state index contributed by atoms with van der Waals surface area (Å²) in [4.78, 5) is 22.5. The number of Topliss-reactive ketones (excluding diaryl/α,β-unsaturated/α-hetero) is 1. The first-order valence-corrected chi connectivity index (χ1v) is 4.92. The van der Waals surface area contributed by atoms with E-state index in [1.54, 1.807) is 24.3 Å². The second-order valence-electron chi connectivity index (χ2n) is 2.76. The molecule has 0 bridgehead atoms. The van der Waals surface area contributed by atoms with Gasteiger partial charge in [-0.15, -0.1) is 0 Å². The van der Waals surface area contributed by atoms with E-state index in [2.05, 4.69) is 0 Å². The van der Waals surface area contributed by atoms with E-state index in [0.717, 1.165) is 0 Å². The van der Waals surface area contributed by atoms with Gasteiger partial charge in [-0.05, 0) is 6.07 Å². The fraction of sp³-hybridized carbons (Fsp3) is 0.111. The summed E-state index contributed by atoms with van der Waals surface area (Å²) in [6.07, 6.45) is 0.0841. The lowest BCUT2D eigenvalue weighted by Crippen LogP contribution is -2.31. The van der Waals surface area contributed by atoms with Gasteiger partial charge < -0.3 is 4.55 Å². The maximum Gasteiger partial charge on any atom is 0.401 e. The van der Waals surface area contributed by atoms with Crippen LogP contribution in [0.1, 0.15) is 5.56 Å². The number of fused-ring (bicyclic) bond motifs is 1. The first-order chi connectivity index (χ1) is 6.20. The van der Waals surface area contributed by atoms with Crippen molar-refractivity contribution in [1.29, 1.82) is 0 Å². The molecule has 1 atom stereocenters.